The molecular weight excluding hydrogens is 372 g/mol. The molecule has 98 valence electrons. The van der Waals surface area contributed by atoms with Crippen LogP contribution in [-0.4, -0.2) is 11.7 Å². The quantitative estimate of drug-likeness (QED) is 0.840. The molecule has 2 aromatic rings. The summed E-state index contributed by atoms with van der Waals surface area (Å²) in [6.45, 7) is 0.732. The summed E-state index contributed by atoms with van der Waals surface area (Å²) in [4.78, 5) is 0. The lowest BCUT2D eigenvalue weighted by atomic mass is 9.99. The zero-order valence-corrected chi connectivity index (χ0v) is 13.2. The predicted octanol–water partition coefficient (Wildman–Crippen LogP) is 4.23. The lowest BCUT2D eigenvalue weighted by Crippen LogP contribution is -2.01. The molecule has 1 unspecified atom stereocenters. The smallest absolute Gasteiger partial charge is 0.122 e. The molecule has 0 saturated carbocycles. The van der Waals surface area contributed by atoms with Gasteiger partial charge in [0.1, 0.15) is 11.9 Å². The Bertz CT molecular complexity index is 626. The molecule has 1 atom stereocenters. The van der Waals surface area contributed by atoms with Crippen molar-refractivity contribution in [2.45, 2.75) is 12.5 Å². The maximum absolute atomic E-state index is 10.5. The van der Waals surface area contributed by atoms with Crippen molar-refractivity contribution < 1.29 is 9.84 Å². The summed E-state index contributed by atoms with van der Waals surface area (Å²) in [7, 11) is 0. The molecule has 2 aromatic carbocycles. The third-order valence-corrected chi connectivity index (χ3v) is 4.50. The number of benzene rings is 2. The number of aliphatic hydroxyl groups excluding tert-OH is 1. The third kappa shape index (κ3) is 2.57. The SMILES string of the molecule is OC(c1ccc2c(c1)CCO2)c1cc(Br)ccc1Br. The first-order chi connectivity index (χ1) is 9.15. The molecule has 0 fully saturated rings. The Morgan fingerprint density at radius 3 is 2.79 bits per heavy atom. The molecule has 0 bridgehead atoms. The van der Waals surface area contributed by atoms with E-state index in [9.17, 15) is 5.11 Å². The Morgan fingerprint density at radius 1 is 1.11 bits per heavy atom. The van der Waals surface area contributed by atoms with Crippen LogP contribution in [0, 0.1) is 0 Å². The van der Waals surface area contributed by atoms with Crippen molar-refractivity contribution in [2.75, 3.05) is 6.61 Å². The molecule has 1 aliphatic rings. The Morgan fingerprint density at radius 2 is 1.95 bits per heavy atom. The number of ether oxygens (including phenoxy) is 1. The maximum Gasteiger partial charge on any atom is 0.122 e. The summed E-state index contributed by atoms with van der Waals surface area (Å²) >= 11 is 6.92. The van der Waals surface area contributed by atoms with Gasteiger partial charge in [0.05, 0.1) is 6.61 Å². The van der Waals surface area contributed by atoms with E-state index in [1.54, 1.807) is 0 Å². The van der Waals surface area contributed by atoms with Crippen LogP contribution in [0.1, 0.15) is 22.8 Å². The summed E-state index contributed by atoms with van der Waals surface area (Å²) in [6.07, 6.45) is 0.271. The third-order valence-electron chi connectivity index (χ3n) is 3.28. The Labute approximate surface area is 128 Å². The summed E-state index contributed by atoms with van der Waals surface area (Å²) in [5, 5.41) is 10.5. The van der Waals surface area contributed by atoms with Gasteiger partial charge in [0.15, 0.2) is 0 Å². The highest BCUT2D eigenvalue weighted by Crippen LogP contribution is 2.34. The maximum atomic E-state index is 10.5. The minimum atomic E-state index is -0.641. The lowest BCUT2D eigenvalue weighted by molar-refractivity contribution is 0.219. The largest absolute Gasteiger partial charge is 0.493 e. The molecule has 0 spiro atoms. The first-order valence-corrected chi connectivity index (χ1v) is 7.62. The molecule has 1 heterocycles. The van der Waals surface area contributed by atoms with Gasteiger partial charge in [-0.2, -0.15) is 0 Å². The molecule has 19 heavy (non-hydrogen) atoms. The molecule has 0 amide bonds. The standard InChI is InChI=1S/C15H12Br2O2/c16-11-2-3-13(17)12(8-11)15(18)10-1-4-14-9(7-10)5-6-19-14/h1-4,7-8,15,18H,5-6H2. The van der Waals surface area contributed by atoms with Crippen LogP contribution in [0.3, 0.4) is 0 Å². The van der Waals surface area contributed by atoms with Crippen molar-refractivity contribution >= 4 is 31.9 Å². The molecule has 3 rings (SSSR count). The number of hydrogen-bond acceptors (Lipinski definition) is 2. The van der Waals surface area contributed by atoms with Crippen molar-refractivity contribution in [3.63, 3.8) is 0 Å². The molecule has 0 aromatic heterocycles. The highest BCUT2D eigenvalue weighted by molar-refractivity contribution is 9.11. The van der Waals surface area contributed by atoms with Crippen LogP contribution in [0.2, 0.25) is 0 Å². The molecule has 4 heteroatoms. The number of aliphatic hydroxyl groups is 1. The van der Waals surface area contributed by atoms with E-state index >= 15 is 0 Å². The van der Waals surface area contributed by atoms with Crippen molar-refractivity contribution in [1.82, 2.24) is 0 Å². The van der Waals surface area contributed by atoms with E-state index in [1.807, 2.05) is 36.4 Å². The highest BCUT2D eigenvalue weighted by Gasteiger charge is 2.18. The van der Waals surface area contributed by atoms with Crippen LogP contribution in [0.25, 0.3) is 0 Å². The van der Waals surface area contributed by atoms with E-state index < -0.39 is 6.10 Å². The molecule has 0 saturated heterocycles. The Balaban J connectivity index is 1.99. The predicted molar refractivity (Wildman–Crippen MR) is 81.5 cm³/mol. The molecule has 1 N–H and O–H groups in total. The van der Waals surface area contributed by atoms with Crippen LogP contribution >= 0.6 is 31.9 Å². The second-order valence-electron chi connectivity index (χ2n) is 4.53. The van der Waals surface area contributed by atoms with Crippen LogP contribution in [-0.2, 0) is 6.42 Å². The van der Waals surface area contributed by atoms with E-state index in [-0.39, 0.29) is 0 Å². The fraction of sp³-hybridized carbons (Fsp3) is 0.200. The van der Waals surface area contributed by atoms with E-state index in [1.165, 1.54) is 5.56 Å². The zero-order chi connectivity index (χ0) is 13.4. The molecule has 2 nitrogen and oxygen atoms in total. The van der Waals surface area contributed by atoms with Crippen molar-refractivity contribution in [3.8, 4) is 5.75 Å². The number of hydrogen-bond donors (Lipinski definition) is 1. The lowest BCUT2D eigenvalue weighted by Gasteiger charge is -2.14. The minimum Gasteiger partial charge on any atom is -0.493 e. The van der Waals surface area contributed by atoms with Gasteiger partial charge in [0, 0.05) is 20.9 Å². The first kappa shape index (κ1) is 13.2. The Hall–Kier alpha value is -0.840. The average molecular weight is 384 g/mol. The summed E-state index contributed by atoms with van der Waals surface area (Å²) in [5.41, 5.74) is 2.92. The van der Waals surface area contributed by atoms with Gasteiger partial charge in [-0.05, 0) is 41.5 Å². The van der Waals surface area contributed by atoms with Gasteiger partial charge < -0.3 is 9.84 Å². The molecule has 0 radical (unpaired) electrons. The number of fused-ring (bicyclic) bond motifs is 1. The van der Waals surface area contributed by atoms with Gasteiger partial charge in [-0.25, -0.2) is 0 Å². The molecular formula is C15H12Br2O2. The topological polar surface area (TPSA) is 29.5 Å². The van der Waals surface area contributed by atoms with Crippen molar-refractivity contribution in [3.05, 3.63) is 62.0 Å². The second-order valence-corrected chi connectivity index (χ2v) is 6.30. The van der Waals surface area contributed by atoms with E-state index in [0.29, 0.717) is 0 Å². The van der Waals surface area contributed by atoms with Crippen LogP contribution < -0.4 is 4.74 Å². The summed E-state index contributed by atoms with van der Waals surface area (Å²) in [6, 6.07) is 11.7. The van der Waals surface area contributed by atoms with Gasteiger partial charge in [0.2, 0.25) is 0 Å². The van der Waals surface area contributed by atoms with Crippen molar-refractivity contribution in [1.29, 1.82) is 0 Å². The summed E-state index contributed by atoms with van der Waals surface area (Å²) in [5.74, 6) is 0.934. The van der Waals surface area contributed by atoms with Crippen molar-refractivity contribution in [2.24, 2.45) is 0 Å². The fourth-order valence-electron chi connectivity index (χ4n) is 2.28. The van der Waals surface area contributed by atoms with Gasteiger partial charge >= 0.3 is 0 Å². The van der Waals surface area contributed by atoms with Gasteiger partial charge in [-0.3, -0.25) is 0 Å². The number of halogens is 2. The van der Waals surface area contributed by atoms with Gasteiger partial charge in [-0.1, -0.05) is 37.9 Å². The van der Waals surface area contributed by atoms with Gasteiger partial charge in [-0.15, -0.1) is 0 Å². The normalized spacial score (nSPS) is 14.9. The second kappa shape index (κ2) is 5.27. The molecule has 0 aliphatic carbocycles. The molecule has 1 aliphatic heterocycles. The van der Waals surface area contributed by atoms with E-state index in [2.05, 4.69) is 31.9 Å². The minimum absolute atomic E-state index is 0.641. The first-order valence-electron chi connectivity index (χ1n) is 6.04. The van der Waals surface area contributed by atoms with Crippen LogP contribution in [0.4, 0.5) is 0 Å². The summed E-state index contributed by atoms with van der Waals surface area (Å²) < 4.78 is 7.34. The Kier molecular flexibility index (Phi) is 3.65. The zero-order valence-electron chi connectivity index (χ0n) is 10.1. The average Bonchev–Trinajstić information content (AvgIpc) is 2.88. The fourth-order valence-corrected chi connectivity index (χ4v) is 3.12. The number of rotatable bonds is 2. The van der Waals surface area contributed by atoms with Gasteiger partial charge in [0.25, 0.3) is 0 Å². The van der Waals surface area contributed by atoms with Crippen LogP contribution in [0.15, 0.2) is 45.3 Å². The highest BCUT2D eigenvalue weighted by atomic mass is 79.9. The monoisotopic (exact) mass is 382 g/mol. The van der Waals surface area contributed by atoms with E-state index in [4.69, 9.17) is 4.74 Å². The van der Waals surface area contributed by atoms with Crippen LogP contribution in [0.5, 0.6) is 5.75 Å². The van der Waals surface area contributed by atoms with E-state index in [0.717, 1.165) is 38.8 Å².